The molecule has 2 N–H and O–H groups in total. The van der Waals surface area contributed by atoms with Crippen molar-refractivity contribution < 1.29 is 4.74 Å². The molecule has 3 heteroatoms. The number of nitrogen functional groups attached to an aromatic ring is 1. The van der Waals surface area contributed by atoms with E-state index in [1.54, 1.807) is 0 Å². The standard InChI is InChI=1S/C12H18N2O/c1-14(8-6-12-7-9-15-12)11-4-2-10(13)3-5-11/h2-5,12H,6-9,13H2,1H3. The fraction of sp³-hybridized carbons (Fsp3) is 0.500. The Bertz CT molecular complexity index is 306. The summed E-state index contributed by atoms with van der Waals surface area (Å²) in [5.74, 6) is 0. The summed E-state index contributed by atoms with van der Waals surface area (Å²) < 4.78 is 5.39. The average molecular weight is 206 g/mol. The lowest BCUT2D eigenvalue weighted by molar-refractivity contribution is -0.0529. The second kappa shape index (κ2) is 4.53. The normalized spacial score (nSPS) is 19.7. The van der Waals surface area contributed by atoms with Crippen LogP contribution in [0.2, 0.25) is 0 Å². The van der Waals surface area contributed by atoms with Crippen LogP contribution in [0.4, 0.5) is 11.4 Å². The summed E-state index contributed by atoms with van der Waals surface area (Å²) in [6.45, 7) is 1.98. The Labute approximate surface area is 90.8 Å². The van der Waals surface area contributed by atoms with Gasteiger partial charge in [-0.2, -0.15) is 0 Å². The maximum absolute atomic E-state index is 5.64. The van der Waals surface area contributed by atoms with Gasteiger partial charge in [0.05, 0.1) is 6.10 Å². The zero-order valence-corrected chi connectivity index (χ0v) is 9.15. The van der Waals surface area contributed by atoms with E-state index in [-0.39, 0.29) is 0 Å². The van der Waals surface area contributed by atoms with Crippen molar-refractivity contribution in [2.24, 2.45) is 0 Å². The lowest BCUT2D eigenvalue weighted by Crippen LogP contribution is -2.31. The Kier molecular flexibility index (Phi) is 3.11. The molecule has 15 heavy (non-hydrogen) atoms. The Morgan fingerprint density at radius 3 is 2.60 bits per heavy atom. The second-order valence-corrected chi connectivity index (χ2v) is 4.08. The molecule has 1 aromatic rings. The highest BCUT2D eigenvalue weighted by atomic mass is 16.5. The summed E-state index contributed by atoms with van der Waals surface area (Å²) in [4.78, 5) is 2.24. The van der Waals surface area contributed by atoms with Gasteiger partial charge < -0.3 is 15.4 Å². The van der Waals surface area contributed by atoms with E-state index in [2.05, 4.69) is 24.1 Å². The third-order valence-electron chi connectivity index (χ3n) is 2.91. The first-order valence-corrected chi connectivity index (χ1v) is 5.44. The third-order valence-corrected chi connectivity index (χ3v) is 2.91. The van der Waals surface area contributed by atoms with Gasteiger partial charge in [-0.1, -0.05) is 0 Å². The van der Waals surface area contributed by atoms with Crippen LogP contribution in [0.3, 0.4) is 0 Å². The molecule has 82 valence electrons. The molecule has 1 unspecified atom stereocenters. The summed E-state index contributed by atoms with van der Waals surface area (Å²) in [6.07, 6.45) is 2.82. The summed E-state index contributed by atoms with van der Waals surface area (Å²) in [6, 6.07) is 7.98. The van der Waals surface area contributed by atoms with Gasteiger partial charge in [-0.15, -0.1) is 0 Å². The van der Waals surface area contributed by atoms with Crippen LogP contribution >= 0.6 is 0 Å². The summed E-state index contributed by atoms with van der Waals surface area (Å²) in [7, 11) is 2.10. The maximum Gasteiger partial charge on any atom is 0.0613 e. The summed E-state index contributed by atoms with van der Waals surface area (Å²) >= 11 is 0. The Hall–Kier alpha value is -1.22. The van der Waals surface area contributed by atoms with Crippen LogP contribution in [0.25, 0.3) is 0 Å². The molecule has 1 aromatic carbocycles. The van der Waals surface area contributed by atoms with E-state index in [1.165, 1.54) is 12.1 Å². The highest BCUT2D eigenvalue weighted by Crippen LogP contribution is 2.18. The number of rotatable bonds is 4. The molecule has 0 amide bonds. The zero-order chi connectivity index (χ0) is 10.7. The number of nitrogens with zero attached hydrogens (tertiary/aromatic N) is 1. The van der Waals surface area contributed by atoms with E-state index in [0.717, 1.165) is 25.3 Å². The second-order valence-electron chi connectivity index (χ2n) is 4.08. The van der Waals surface area contributed by atoms with Crippen LogP contribution in [0, 0.1) is 0 Å². The monoisotopic (exact) mass is 206 g/mol. The van der Waals surface area contributed by atoms with Crippen molar-refractivity contribution in [1.29, 1.82) is 0 Å². The zero-order valence-electron chi connectivity index (χ0n) is 9.15. The summed E-state index contributed by atoms with van der Waals surface area (Å²) in [5, 5.41) is 0. The Balaban J connectivity index is 1.83. The minimum absolute atomic E-state index is 0.487. The minimum atomic E-state index is 0.487. The molecule has 0 bridgehead atoms. The predicted octanol–water partition coefficient (Wildman–Crippen LogP) is 1.88. The third kappa shape index (κ3) is 2.63. The number of ether oxygens (including phenoxy) is 1. The highest BCUT2D eigenvalue weighted by Gasteiger charge is 2.18. The van der Waals surface area contributed by atoms with Gasteiger partial charge in [0.15, 0.2) is 0 Å². The van der Waals surface area contributed by atoms with E-state index in [9.17, 15) is 0 Å². The molecule has 1 saturated heterocycles. The SMILES string of the molecule is CN(CCC1CCO1)c1ccc(N)cc1. The van der Waals surface area contributed by atoms with Crippen LogP contribution < -0.4 is 10.6 Å². The van der Waals surface area contributed by atoms with Gasteiger partial charge in [0.1, 0.15) is 0 Å². The Morgan fingerprint density at radius 2 is 2.07 bits per heavy atom. The molecule has 0 aliphatic carbocycles. The number of hydrogen-bond acceptors (Lipinski definition) is 3. The van der Waals surface area contributed by atoms with E-state index < -0.39 is 0 Å². The fourth-order valence-electron chi connectivity index (χ4n) is 1.71. The van der Waals surface area contributed by atoms with Crippen molar-refractivity contribution >= 4 is 11.4 Å². The fourth-order valence-corrected chi connectivity index (χ4v) is 1.71. The lowest BCUT2D eigenvalue weighted by Gasteiger charge is -2.29. The smallest absolute Gasteiger partial charge is 0.0613 e. The first-order chi connectivity index (χ1) is 7.25. The molecular formula is C12H18N2O. The molecular weight excluding hydrogens is 188 g/mol. The molecule has 1 aliphatic heterocycles. The molecule has 2 rings (SSSR count). The van der Waals surface area contributed by atoms with E-state index >= 15 is 0 Å². The Morgan fingerprint density at radius 1 is 1.40 bits per heavy atom. The van der Waals surface area contributed by atoms with E-state index in [1.807, 2.05) is 12.1 Å². The molecule has 1 fully saturated rings. The molecule has 0 aromatic heterocycles. The quantitative estimate of drug-likeness (QED) is 0.764. The van der Waals surface area contributed by atoms with Crippen molar-refractivity contribution in [1.82, 2.24) is 0 Å². The summed E-state index contributed by atoms with van der Waals surface area (Å²) in [5.41, 5.74) is 7.67. The number of anilines is 2. The van der Waals surface area contributed by atoms with Gasteiger partial charge in [-0.05, 0) is 37.1 Å². The van der Waals surface area contributed by atoms with Crippen LogP contribution in [0.1, 0.15) is 12.8 Å². The first-order valence-electron chi connectivity index (χ1n) is 5.44. The molecule has 0 radical (unpaired) electrons. The highest BCUT2D eigenvalue weighted by molar-refractivity contribution is 5.52. The van der Waals surface area contributed by atoms with Crippen LogP contribution in [-0.2, 0) is 4.74 Å². The van der Waals surface area contributed by atoms with Gasteiger partial charge >= 0.3 is 0 Å². The van der Waals surface area contributed by atoms with Crippen LogP contribution in [0.5, 0.6) is 0 Å². The predicted molar refractivity (Wildman–Crippen MR) is 63.1 cm³/mol. The average Bonchev–Trinajstić information content (AvgIpc) is 2.16. The maximum atomic E-state index is 5.64. The lowest BCUT2D eigenvalue weighted by atomic mass is 10.1. The molecule has 1 aliphatic rings. The van der Waals surface area contributed by atoms with Crippen molar-refractivity contribution in [3.05, 3.63) is 24.3 Å². The van der Waals surface area contributed by atoms with Crippen LogP contribution in [0.15, 0.2) is 24.3 Å². The minimum Gasteiger partial charge on any atom is -0.399 e. The molecule has 0 saturated carbocycles. The van der Waals surface area contributed by atoms with E-state index in [0.29, 0.717) is 6.10 Å². The largest absolute Gasteiger partial charge is 0.399 e. The number of nitrogens with two attached hydrogens (primary N) is 1. The van der Waals surface area contributed by atoms with Gasteiger partial charge in [0, 0.05) is 31.6 Å². The molecule has 1 heterocycles. The molecule has 3 nitrogen and oxygen atoms in total. The van der Waals surface area contributed by atoms with Crippen molar-refractivity contribution in [3.63, 3.8) is 0 Å². The van der Waals surface area contributed by atoms with Crippen LogP contribution in [-0.4, -0.2) is 26.3 Å². The van der Waals surface area contributed by atoms with Gasteiger partial charge in [0.25, 0.3) is 0 Å². The number of hydrogen-bond donors (Lipinski definition) is 1. The molecule has 1 atom stereocenters. The number of benzene rings is 1. The van der Waals surface area contributed by atoms with Gasteiger partial charge in [-0.25, -0.2) is 0 Å². The van der Waals surface area contributed by atoms with E-state index in [4.69, 9.17) is 10.5 Å². The van der Waals surface area contributed by atoms with Gasteiger partial charge in [0.2, 0.25) is 0 Å². The molecule has 0 spiro atoms. The van der Waals surface area contributed by atoms with Crippen molar-refractivity contribution in [2.45, 2.75) is 18.9 Å². The topological polar surface area (TPSA) is 38.5 Å². The van der Waals surface area contributed by atoms with Crippen molar-refractivity contribution in [3.8, 4) is 0 Å². The van der Waals surface area contributed by atoms with Crippen molar-refractivity contribution in [2.75, 3.05) is 30.8 Å². The first kappa shape index (κ1) is 10.3. The van der Waals surface area contributed by atoms with Gasteiger partial charge in [-0.3, -0.25) is 0 Å².